The summed E-state index contributed by atoms with van der Waals surface area (Å²) in [6, 6.07) is 4.10. The quantitative estimate of drug-likeness (QED) is 0.466. The summed E-state index contributed by atoms with van der Waals surface area (Å²) in [5, 5.41) is 15.4. The number of nitrogens with zero attached hydrogens (tertiary/aromatic N) is 4. The number of aromatic nitrogens is 2. The van der Waals surface area contributed by atoms with Gasteiger partial charge in [0.25, 0.3) is 0 Å². The van der Waals surface area contributed by atoms with Gasteiger partial charge in [-0.05, 0) is 24.5 Å². The molecule has 2 aliphatic rings. The highest BCUT2D eigenvalue weighted by Crippen LogP contribution is 2.44. The number of carboxylic acid groups (broad SMARTS) is 2. The highest BCUT2D eigenvalue weighted by molar-refractivity contribution is 7.88. The minimum absolute atomic E-state index is 0.0549. The second-order valence-electron chi connectivity index (χ2n) is 10.0. The highest BCUT2D eigenvalue weighted by Gasteiger charge is 2.46. The number of thiazole rings is 1. The maximum Gasteiger partial charge on any atom is 0.490 e. The molecule has 0 amide bonds. The molecule has 2 aliphatic heterocycles. The minimum Gasteiger partial charge on any atom is -0.475 e. The maximum absolute atomic E-state index is 12.0. The largest absolute Gasteiger partial charge is 0.490 e. The van der Waals surface area contributed by atoms with Gasteiger partial charge in [0.1, 0.15) is 0 Å². The number of pyridine rings is 1. The molecule has 10 nitrogen and oxygen atoms in total. The zero-order valence-corrected chi connectivity index (χ0v) is 24.4. The minimum atomic E-state index is -5.08. The van der Waals surface area contributed by atoms with Gasteiger partial charge in [0, 0.05) is 61.3 Å². The van der Waals surface area contributed by atoms with Gasteiger partial charge in [-0.1, -0.05) is 19.9 Å². The van der Waals surface area contributed by atoms with E-state index in [9.17, 15) is 34.8 Å². The van der Waals surface area contributed by atoms with Crippen LogP contribution in [0.15, 0.2) is 24.5 Å². The molecule has 1 fully saturated rings. The van der Waals surface area contributed by atoms with Crippen LogP contribution in [-0.2, 0) is 38.1 Å². The first-order valence-electron chi connectivity index (χ1n) is 12.3. The molecule has 4 heterocycles. The molecule has 4 rings (SSSR count). The van der Waals surface area contributed by atoms with Crippen molar-refractivity contribution < 1.29 is 54.6 Å². The van der Waals surface area contributed by atoms with Crippen LogP contribution in [0, 0.1) is 0 Å². The van der Waals surface area contributed by atoms with Gasteiger partial charge in [0.15, 0.2) is 0 Å². The Bertz CT molecular complexity index is 1300. The molecule has 0 atom stereocenters. The summed E-state index contributed by atoms with van der Waals surface area (Å²) < 4.78 is 89.1. The first-order valence-corrected chi connectivity index (χ1v) is 15.0. The number of fused-ring (bicyclic) bond motifs is 2. The molecule has 2 aromatic rings. The van der Waals surface area contributed by atoms with Gasteiger partial charge in [-0.25, -0.2) is 27.3 Å². The topological polar surface area (TPSA) is 141 Å². The van der Waals surface area contributed by atoms with Crippen LogP contribution in [0.2, 0.25) is 0 Å². The van der Waals surface area contributed by atoms with Gasteiger partial charge in [-0.3, -0.25) is 9.88 Å². The van der Waals surface area contributed by atoms with Crippen LogP contribution in [0.4, 0.5) is 26.3 Å². The average Bonchev–Trinajstić information content (AvgIpc) is 3.30. The van der Waals surface area contributed by atoms with E-state index < -0.39 is 34.3 Å². The van der Waals surface area contributed by atoms with E-state index in [0.717, 1.165) is 32.5 Å². The lowest BCUT2D eigenvalue weighted by Gasteiger charge is -2.46. The Morgan fingerprint density at radius 1 is 1.07 bits per heavy atom. The third kappa shape index (κ3) is 9.88. The van der Waals surface area contributed by atoms with Gasteiger partial charge in [0.05, 0.1) is 17.0 Å². The Hall–Kier alpha value is -2.83. The smallest absolute Gasteiger partial charge is 0.475 e. The van der Waals surface area contributed by atoms with Crippen molar-refractivity contribution in [2.24, 2.45) is 0 Å². The number of carboxylic acids is 2. The molecule has 42 heavy (non-hydrogen) atoms. The van der Waals surface area contributed by atoms with E-state index in [1.165, 1.54) is 27.4 Å². The lowest BCUT2D eigenvalue weighted by molar-refractivity contribution is -0.193. The Morgan fingerprint density at radius 3 is 2.00 bits per heavy atom. The summed E-state index contributed by atoms with van der Waals surface area (Å²) in [5.74, 6) is -5.10. The molecule has 2 aromatic heterocycles. The Kier molecular flexibility index (Phi) is 11.5. The van der Waals surface area contributed by atoms with Gasteiger partial charge < -0.3 is 10.2 Å². The molecule has 1 saturated heterocycles. The van der Waals surface area contributed by atoms with Crippen molar-refractivity contribution in [3.8, 4) is 0 Å². The average molecular weight is 649 g/mol. The fourth-order valence-electron chi connectivity index (χ4n) is 4.40. The molecule has 0 unspecified atom stereocenters. The van der Waals surface area contributed by atoms with Crippen molar-refractivity contribution in [1.82, 2.24) is 19.2 Å². The number of piperidine rings is 1. The van der Waals surface area contributed by atoms with Crippen LogP contribution < -0.4 is 0 Å². The normalized spacial score (nSPS) is 17.5. The lowest BCUT2D eigenvalue weighted by atomic mass is 9.73. The second kappa shape index (κ2) is 13.6. The van der Waals surface area contributed by atoms with E-state index in [4.69, 9.17) is 24.8 Å². The number of rotatable bonds is 4. The van der Waals surface area contributed by atoms with Gasteiger partial charge >= 0.3 is 24.3 Å². The molecule has 236 valence electrons. The third-order valence-electron chi connectivity index (χ3n) is 6.37. The number of hydrogen-bond acceptors (Lipinski definition) is 8. The van der Waals surface area contributed by atoms with Gasteiger partial charge in [-0.2, -0.15) is 26.3 Å². The van der Waals surface area contributed by atoms with Crippen molar-refractivity contribution in [1.29, 1.82) is 0 Å². The first kappa shape index (κ1) is 35.4. The van der Waals surface area contributed by atoms with E-state index >= 15 is 0 Å². The van der Waals surface area contributed by atoms with Crippen molar-refractivity contribution >= 4 is 33.3 Å². The third-order valence-corrected chi connectivity index (χ3v) is 9.01. The summed E-state index contributed by atoms with van der Waals surface area (Å²) in [4.78, 5) is 30.9. The molecule has 1 spiro atoms. The number of aliphatic carboxylic acids is 2. The van der Waals surface area contributed by atoms with Crippen LogP contribution in [0.3, 0.4) is 0 Å². The molecule has 2 N–H and O–H groups in total. The van der Waals surface area contributed by atoms with Crippen LogP contribution in [0.25, 0.3) is 0 Å². The van der Waals surface area contributed by atoms with E-state index in [1.807, 2.05) is 23.6 Å². The summed E-state index contributed by atoms with van der Waals surface area (Å²) >= 11 is 1.83. The zero-order valence-electron chi connectivity index (χ0n) is 22.7. The standard InChI is InChI=1S/C20H28N4O2S2.2C2HF3O2/c1-15(2)19-22-18-17(27-19)13-23(12-16-5-4-8-21-11-16)14-20(18)6-9-24(10-7-20)28(3,25)26;2*3-2(4,5)1(6)7/h4-5,8,11,15H,6-7,9-10,12-14H2,1-3H3;2*(H,6,7). The number of halogens is 6. The van der Waals surface area contributed by atoms with E-state index in [-0.39, 0.29) is 5.41 Å². The molecule has 0 aromatic carbocycles. The summed E-state index contributed by atoms with van der Waals surface area (Å²) in [5.41, 5.74) is 2.39. The van der Waals surface area contributed by atoms with Crippen LogP contribution in [0.1, 0.15) is 53.7 Å². The predicted molar refractivity (Wildman–Crippen MR) is 139 cm³/mol. The molecule has 0 saturated carbocycles. The van der Waals surface area contributed by atoms with Crippen molar-refractivity contribution in [2.75, 3.05) is 25.9 Å². The Morgan fingerprint density at radius 2 is 1.60 bits per heavy atom. The van der Waals surface area contributed by atoms with Gasteiger partial charge in [-0.15, -0.1) is 11.3 Å². The van der Waals surface area contributed by atoms with Crippen LogP contribution in [-0.4, -0.2) is 88.0 Å². The molecule has 18 heteroatoms. The highest BCUT2D eigenvalue weighted by atomic mass is 32.2. The predicted octanol–water partition coefficient (Wildman–Crippen LogP) is 4.24. The summed E-state index contributed by atoms with van der Waals surface area (Å²) in [6.07, 6.45) is -3.46. The van der Waals surface area contributed by atoms with E-state index in [2.05, 4.69) is 29.8 Å². The second-order valence-corrected chi connectivity index (χ2v) is 13.1. The van der Waals surface area contributed by atoms with Gasteiger partial charge in [0.2, 0.25) is 10.0 Å². The fourth-order valence-corrected chi connectivity index (χ4v) is 6.48. The molecule has 0 radical (unpaired) electrons. The van der Waals surface area contributed by atoms with Crippen LogP contribution in [0.5, 0.6) is 0 Å². The number of alkyl halides is 6. The van der Waals surface area contributed by atoms with Crippen molar-refractivity contribution in [3.05, 3.63) is 45.7 Å². The zero-order chi connectivity index (χ0) is 32.1. The summed E-state index contributed by atoms with van der Waals surface area (Å²) in [7, 11) is -3.14. The summed E-state index contributed by atoms with van der Waals surface area (Å²) in [6.45, 7) is 8.23. The van der Waals surface area contributed by atoms with Crippen LogP contribution >= 0.6 is 11.3 Å². The molecule has 0 aliphatic carbocycles. The van der Waals surface area contributed by atoms with Crippen molar-refractivity contribution in [3.63, 3.8) is 0 Å². The molecular weight excluding hydrogens is 618 g/mol. The Balaban J connectivity index is 0.000000367. The fraction of sp³-hybridized carbons (Fsp3) is 0.583. The molecule has 0 bridgehead atoms. The van der Waals surface area contributed by atoms with E-state index in [1.54, 1.807) is 10.5 Å². The SMILES string of the molecule is CC(C)c1nc2c(s1)CN(Cc1cccnc1)CC21CCN(S(C)(=O)=O)CC1.O=C(O)C(F)(F)F.O=C(O)C(F)(F)F. The Labute approximate surface area is 242 Å². The monoisotopic (exact) mass is 648 g/mol. The number of sulfonamides is 1. The maximum atomic E-state index is 12.0. The molecular formula is C24H30F6N4O6S2. The number of hydrogen-bond donors (Lipinski definition) is 2. The lowest BCUT2D eigenvalue weighted by Crippen LogP contribution is -2.52. The first-order chi connectivity index (χ1) is 19.2. The number of carbonyl (C=O) groups is 2. The van der Waals surface area contributed by atoms with Crippen molar-refractivity contribution in [2.45, 2.75) is 63.5 Å². The van der Waals surface area contributed by atoms with E-state index in [0.29, 0.717) is 19.0 Å².